The fourth-order valence-electron chi connectivity index (χ4n) is 3.76. The summed E-state index contributed by atoms with van der Waals surface area (Å²) in [4.78, 5) is 29.1. The fourth-order valence-corrected chi connectivity index (χ4v) is 3.76. The molecule has 0 aliphatic heterocycles. The molecular weight excluding hydrogens is 506 g/mol. The number of allylic oxidation sites excluding steroid dienone is 1. The van der Waals surface area contributed by atoms with Crippen LogP contribution >= 0.6 is 0 Å². The molecule has 0 aliphatic rings. The van der Waals surface area contributed by atoms with Crippen LogP contribution in [0.2, 0.25) is 0 Å². The number of para-hydroxylation sites is 1. The second-order valence-corrected chi connectivity index (χ2v) is 9.10. The van der Waals surface area contributed by atoms with Crippen molar-refractivity contribution >= 4 is 52.2 Å². The first-order valence-electron chi connectivity index (χ1n) is 12.6. The summed E-state index contributed by atoms with van der Waals surface area (Å²) in [6.45, 7) is 5.15. The van der Waals surface area contributed by atoms with Crippen LogP contribution in [0.1, 0.15) is 5.56 Å². The van der Waals surface area contributed by atoms with Gasteiger partial charge in [-0.3, -0.25) is 9.79 Å². The number of benzene rings is 2. The first-order chi connectivity index (χ1) is 19.2. The smallest absolute Gasteiger partial charge is 0.247 e. The molecule has 11 nitrogen and oxygen atoms in total. The van der Waals surface area contributed by atoms with Gasteiger partial charge >= 0.3 is 0 Å². The van der Waals surface area contributed by atoms with E-state index in [1.807, 2.05) is 57.5 Å². The molecule has 1 heterocycles. The molecule has 3 aromatic rings. The first-order valence-corrected chi connectivity index (χ1v) is 12.6. The minimum Gasteiger partial charge on any atom is -0.494 e. The van der Waals surface area contributed by atoms with Crippen LogP contribution < -0.4 is 31.3 Å². The van der Waals surface area contributed by atoms with Gasteiger partial charge in [0.1, 0.15) is 23.7 Å². The van der Waals surface area contributed by atoms with Crippen LogP contribution in [0, 0.1) is 0 Å². The van der Waals surface area contributed by atoms with Crippen LogP contribution in [0.4, 0.5) is 34.4 Å². The Morgan fingerprint density at radius 3 is 2.40 bits per heavy atom. The number of nitrogens with one attached hydrogen (secondary N) is 3. The molecule has 0 saturated carbocycles. The molecule has 0 saturated heterocycles. The Labute approximate surface area is 235 Å². The van der Waals surface area contributed by atoms with Gasteiger partial charge in [-0.25, -0.2) is 9.97 Å². The number of hydrogen-bond acceptors (Lipinski definition) is 10. The van der Waals surface area contributed by atoms with E-state index in [9.17, 15) is 4.79 Å². The van der Waals surface area contributed by atoms with E-state index < -0.39 is 0 Å². The van der Waals surface area contributed by atoms with Crippen LogP contribution in [0.3, 0.4) is 0 Å². The van der Waals surface area contributed by atoms with Crippen LogP contribution in [0.15, 0.2) is 72.5 Å². The lowest BCUT2D eigenvalue weighted by atomic mass is 10.1. The molecule has 5 N–H and O–H groups in total. The van der Waals surface area contributed by atoms with Crippen molar-refractivity contribution < 1.29 is 9.53 Å². The average Bonchev–Trinajstić information content (AvgIpc) is 2.95. The normalized spacial score (nSPS) is 11.4. The second kappa shape index (κ2) is 14.3. The van der Waals surface area contributed by atoms with Crippen LogP contribution in [-0.4, -0.2) is 75.4 Å². The number of aliphatic imine (C=N–C) groups is 1. The van der Waals surface area contributed by atoms with E-state index in [2.05, 4.69) is 47.3 Å². The van der Waals surface area contributed by atoms with Crippen molar-refractivity contribution in [1.29, 1.82) is 0 Å². The molecule has 3 rings (SSSR count). The van der Waals surface area contributed by atoms with Gasteiger partial charge in [0.2, 0.25) is 5.91 Å². The molecule has 1 aromatic heterocycles. The van der Waals surface area contributed by atoms with Gasteiger partial charge in [0.15, 0.2) is 0 Å². The lowest BCUT2D eigenvalue weighted by Gasteiger charge is -2.26. The molecule has 1 amide bonds. The molecule has 40 heavy (non-hydrogen) atoms. The maximum Gasteiger partial charge on any atom is 0.247 e. The molecule has 0 fully saturated rings. The van der Waals surface area contributed by atoms with Gasteiger partial charge in [0.05, 0.1) is 24.2 Å². The van der Waals surface area contributed by atoms with Gasteiger partial charge < -0.3 is 36.2 Å². The van der Waals surface area contributed by atoms with E-state index in [1.165, 1.54) is 12.4 Å². The van der Waals surface area contributed by atoms with Crippen molar-refractivity contribution in [2.45, 2.75) is 0 Å². The number of rotatable bonds is 13. The Morgan fingerprint density at radius 2 is 1.75 bits per heavy atom. The Balaban J connectivity index is 1.93. The van der Waals surface area contributed by atoms with E-state index in [4.69, 9.17) is 10.5 Å². The standard InChI is InChI=1S/C29H37N9O2/c1-7-29(39)36-23-16-24(26(40-6)17-25(23)38(5)15-14-37(3)4)35-28-18-27(32-19-33-28)34-22-11-9-8-10-20(22)21(30)12-13-31-2/h7-13,16-19H,1,14-15,30H2,2-6H3,(H,36,39)(H2,32,33,34,35). The number of nitrogens with two attached hydrogens (primary N) is 1. The number of ether oxygens (including phenoxy) is 1. The van der Waals surface area contributed by atoms with Gasteiger partial charge in [-0.1, -0.05) is 24.8 Å². The first kappa shape index (κ1) is 29.7. The monoisotopic (exact) mass is 543 g/mol. The molecule has 11 heteroatoms. The van der Waals surface area contributed by atoms with Gasteiger partial charge in [-0.05, 0) is 38.4 Å². The highest BCUT2D eigenvalue weighted by Crippen LogP contribution is 2.38. The van der Waals surface area contributed by atoms with Gasteiger partial charge in [0.25, 0.3) is 0 Å². The Bertz CT molecular complexity index is 1390. The SMILES string of the molecule is C=CC(=O)Nc1cc(Nc2cc(Nc3ccccc3C(N)=CC=NC)ncn2)c(OC)cc1N(C)CCN(C)C. The summed E-state index contributed by atoms with van der Waals surface area (Å²) in [5, 5.41) is 9.50. The predicted octanol–water partition coefficient (Wildman–Crippen LogP) is 4.09. The summed E-state index contributed by atoms with van der Waals surface area (Å²) >= 11 is 0. The van der Waals surface area contributed by atoms with Crippen LogP contribution in [0.25, 0.3) is 5.70 Å². The fraction of sp³-hybridized carbons (Fsp3) is 0.241. The highest BCUT2D eigenvalue weighted by atomic mass is 16.5. The number of likely N-dealkylation sites (N-methyl/N-ethyl adjacent to an activating group) is 2. The number of hydrogen-bond donors (Lipinski definition) is 4. The maximum absolute atomic E-state index is 12.2. The Hall–Kier alpha value is -4.90. The average molecular weight is 544 g/mol. The molecule has 0 unspecified atom stereocenters. The quantitative estimate of drug-likeness (QED) is 0.186. The molecule has 0 atom stereocenters. The van der Waals surface area contributed by atoms with Gasteiger partial charge in [0, 0.05) is 62.5 Å². The third kappa shape index (κ3) is 8.05. The zero-order valence-corrected chi connectivity index (χ0v) is 23.6. The van der Waals surface area contributed by atoms with Crippen LogP contribution in [-0.2, 0) is 4.79 Å². The number of nitrogens with zero attached hydrogens (tertiary/aromatic N) is 5. The van der Waals surface area contributed by atoms with Crippen molar-refractivity contribution in [1.82, 2.24) is 14.9 Å². The van der Waals surface area contributed by atoms with Gasteiger partial charge in [-0.15, -0.1) is 0 Å². The molecule has 2 aromatic carbocycles. The maximum atomic E-state index is 12.2. The van der Waals surface area contributed by atoms with E-state index in [-0.39, 0.29) is 5.91 Å². The van der Waals surface area contributed by atoms with E-state index in [1.54, 1.807) is 32.5 Å². The summed E-state index contributed by atoms with van der Waals surface area (Å²) in [5.74, 6) is 1.34. The summed E-state index contributed by atoms with van der Waals surface area (Å²) < 4.78 is 5.70. The number of carbonyl (C=O) groups excluding carboxylic acids is 1. The summed E-state index contributed by atoms with van der Waals surface area (Å²) in [7, 11) is 9.27. The molecule has 0 aliphatic carbocycles. The molecule has 0 radical (unpaired) electrons. The van der Waals surface area contributed by atoms with Crippen molar-refractivity contribution in [3.63, 3.8) is 0 Å². The molecule has 0 spiro atoms. The zero-order chi connectivity index (χ0) is 29.1. The van der Waals surface area contributed by atoms with Crippen molar-refractivity contribution in [2.24, 2.45) is 10.7 Å². The van der Waals surface area contributed by atoms with Gasteiger partial charge in [-0.2, -0.15) is 0 Å². The summed E-state index contributed by atoms with van der Waals surface area (Å²) in [5.41, 5.74) is 10.4. The summed E-state index contributed by atoms with van der Waals surface area (Å²) in [6.07, 6.45) is 6.07. The van der Waals surface area contributed by atoms with E-state index in [0.29, 0.717) is 34.5 Å². The van der Waals surface area contributed by atoms with Crippen molar-refractivity contribution in [2.75, 3.05) is 69.2 Å². The Kier molecular flexibility index (Phi) is 10.6. The Morgan fingerprint density at radius 1 is 1.05 bits per heavy atom. The number of carbonyl (C=O) groups is 1. The zero-order valence-electron chi connectivity index (χ0n) is 23.6. The topological polar surface area (TPSA) is 133 Å². The summed E-state index contributed by atoms with van der Waals surface area (Å²) in [6, 6.07) is 13.1. The largest absolute Gasteiger partial charge is 0.494 e. The lowest BCUT2D eigenvalue weighted by molar-refractivity contribution is -0.111. The third-order valence-corrected chi connectivity index (χ3v) is 5.89. The van der Waals surface area contributed by atoms with Crippen molar-refractivity contribution in [3.8, 4) is 5.75 Å². The molecular formula is C29H37N9O2. The molecule has 210 valence electrons. The predicted molar refractivity (Wildman–Crippen MR) is 165 cm³/mol. The van der Waals surface area contributed by atoms with Crippen molar-refractivity contribution in [3.05, 3.63) is 73.1 Å². The molecule has 0 bridgehead atoms. The van der Waals surface area contributed by atoms with E-state index in [0.717, 1.165) is 30.0 Å². The number of aromatic nitrogens is 2. The lowest BCUT2D eigenvalue weighted by Crippen LogP contribution is -2.29. The number of anilines is 6. The van der Waals surface area contributed by atoms with E-state index >= 15 is 0 Å². The van der Waals surface area contributed by atoms with Crippen LogP contribution in [0.5, 0.6) is 5.75 Å². The minimum absolute atomic E-state index is 0.316. The number of amides is 1. The minimum atomic E-state index is -0.316. The highest BCUT2D eigenvalue weighted by Gasteiger charge is 2.16. The second-order valence-electron chi connectivity index (χ2n) is 9.10. The highest BCUT2D eigenvalue weighted by molar-refractivity contribution is 6.02. The number of methoxy groups -OCH3 is 1. The third-order valence-electron chi connectivity index (χ3n) is 5.89.